The summed E-state index contributed by atoms with van der Waals surface area (Å²) >= 11 is 0. The summed E-state index contributed by atoms with van der Waals surface area (Å²) in [5, 5.41) is 12.9. The summed E-state index contributed by atoms with van der Waals surface area (Å²) in [7, 11) is 1.72. The molecule has 0 fully saturated rings. The third-order valence-electron chi connectivity index (χ3n) is 3.46. The maximum atomic E-state index is 12.4. The lowest BCUT2D eigenvalue weighted by Crippen LogP contribution is -2.29. The van der Waals surface area contributed by atoms with E-state index in [1.165, 1.54) is 0 Å². The molecule has 0 aromatic heterocycles. The molecule has 2 rings (SSSR count). The number of hydrogen-bond acceptors (Lipinski definition) is 4. The van der Waals surface area contributed by atoms with Gasteiger partial charge >= 0.3 is 0 Å². The summed E-state index contributed by atoms with van der Waals surface area (Å²) in [4.78, 5) is 14.0. The Hall–Kier alpha value is -2.53. The Morgan fingerprint density at radius 1 is 1.22 bits per heavy atom. The quantitative estimate of drug-likeness (QED) is 0.742. The predicted molar refractivity (Wildman–Crippen MR) is 94.8 cm³/mol. The smallest absolute Gasteiger partial charge is 0.258 e. The van der Waals surface area contributed by atoms with Gasteiger partial charge in [0.15, 0.2) is 0 Å². The van der Waals surface area contributed by atoms with E-state index in [1.54, 1.807) is 44.0 Å². The fourth-order valence-electron chi connectivity index (χ4n) is 2.12. The Labute approximate surface area is 136 Å². The van der Waals surface area contributed by atoms with Crippen molar-refractivity contribution in [3.05, 3.63) is 54.1 Å². The van der Waals surface area contributed by atoms with Gasteiger partial charge in [0.2, 0.25) is 0 Å². The minimum absolute atomic E-state index is 0.0952. The van der Waals surface area contributed by atoms with E-state index in [-0.39, 0.29) is 5.91 Å². The molecule has 0 heterocycles. The van der Waals surface area contributed by atoms with Gasteiger partial charge in [-0.1, -0.05) is 18.2 Å². The van der Waals surface area contributed by atoms with E-state index in [1.807, 2.05) is 30.3 Å². The average Bonchev–Trinajstić information content (AvgIpc) is 2.52. The van der Waals surface area contributed by atoms with Gasteiger partial charge in [0.25, 0.3) is 5.91 Å². The van der Waals surface area contributed by atoms with Gasteiger partial charge in [-0.05, 0) is 44.2 Å². The molecule has 0 atom stereocenters. The highest BCUT2D eigenvalue weighted by atomic mass is 16.3. The van der Waals surface area contributed by atoms with Crippen LogP contribution < -0.4 is 16.0 Å². The van der Waals surface area contributed by atoms with Crippen LogP contribution in [0.5, 0.6) is 0 Å². The number of aliphatic hydroxyl groups is 1. The topological polar surface area (TPSA) is 78.6 Å². The van der Waals surface area contributed by atoms with Crippen LogP contribution in [0.15, 0.2) is 48.5 Å². The zero-order valence-corrected chi connectivity index (χ0v) is 13.7. The Morgan fingerprint density at radius 2 is 1.87 bits per heavy atom. The maximum Gasteiger partial charge on any atom is 0.258 e. The third kappa shape index (κ3) is 4.47. The van der Waals surface area contributed by atoms with Crippen molar-refractivity contribution in [1.82, 2.24) is 0 Å². The molecule has 0 aliphatic heterocycles. The Balaban J connectivity index is 2.15. The van der Waals surface area contributed by atoms with Crippen LogP contribution in [0.2, 0.25) is 0 Å². The second-order valence-corrected chi connectivity index (χ2v) is 6.17. The number of rotatable bonds is 5. The lowest BCUT2D eigenvalue weighted by atomic mass is 10.1. The first-order valence-electron chi connectivity index (χ1n) is 7.47. The van der Waals surface area contributed by atoms with Crippen molar-refractivity contribution in [2.45, 2.75) is 19.4 Å². The molecule has 0 aliphatic rings. The minimum atomic E-state index is -0.828. The number of hydrogen-bond donors (Lipinski definition) is 3. The number of nitrogen functional groups attached to an aromatic ring is 1. The number of amides is 1. The number of benzene rings is 2. The lowest BCUT2D eigenvalue weighted by molar-refractivity contribution is 0.0944. The molecule has 5 nitrogen and oxygen atoms in total. The Morgan fingerprint density at radius 3 is 2.43 bits per heavy atom. The van der Waals surface area contributed by atoms with E-state index in [9.17, 15) is 9.90 Å². The second-order valence-electron chi connectivity index (χ2n) is 6.17. The minimum Gasteiger partial charge on any atom is -0.397 e. The molecule has 0 saturated heterocycles. The SMILES string of the molecule is CN(C(=O)c1ccccc1)c1ccc(NCC(C)(C)O)c(N)c1. The van der Waals surface area contributed by atoms with E-state index < -0.39 is 5.60 Å². The van der Waals surface area contributed by atoms with Crippen LogP contribution in [-0.2, 0) is 0 Å². The molecular weight excluding hydrogens is 290 g/mol. The van der Waals surface area contributed by atoms with Crippen LogP contribution in [0.1, 0.15) is 24.2 Å². The fraction of sp³-hybridized carbons (Fsp3) is 0.278. The van der Waals surface area contributed by atoms with Crippen molar-refractivity contribution in [2.75, 3.05) is 29.5 Å². The highest BCUT2D eigenvalue weighted by Crippen LogP contribution is 2.26. The summed E-state index contributed by atoms with van der Waals surface area (Å²) in [6, 6.07) is 14.5. The Bertz CT molecular complexity index is 678. The van der Waals surface area contributed by atoms with Gasteiger partial charge in [0, 0.05) is 24.8 Å². The average molecular weight is 313 g/mol. The van der Waals surface area contributed by atoms with E-state index >= 15 is 0 Å². The molecule has 0 unspecified atom stereocenters. The number of nitrogens with one attached hydrogen (secondary N) is 1. The van der Waals surface area contributed by atoms with Gasteiger partial charge in [-0.25, -0.2) is 0 Å². The first-order chi connectivity index (χ1) is 10.8. The molecule has 5 heteroatoms. The molecule has 122 valence electrons. The number of nitrogens with zero attached hydrogens (tertiary/aromatic N) is 1. The van der Waals surface area contributed by atoms with Gasteiger partial charge in [-0.3, -0.25) is 4.79 Å². The van der Waals surface area contributed by atoms with Crippen LogP contribution in [0.4, 0.5) is 17.1 Å². The summed E-state index contributed by atoms with van der Waals surface area (Å²) < 4.78 is 0. The van der Waals surface area contributed by atoms with Crippen molar-refractivity contribution in [2.24, 2.45) is 0 Å². The lowest BCUT2D eigenvalue weighted by Gasteiger charge is -2.21. The molecule has 0 aliphatic carbocycles. The highest BCUT2D eigenvalue weighted by molar-refractivity contribution is 6.06. The van der Waals surface area contributed by atoms with Crippen LogP contribution >= 0.6 is 0 Å². The largest absolute Gasteiger partial charge is 0.397 e. The van der Waals surface area contributed by atoms with Crippen LogP contribution in [0.3, 0.4) is 0 Å². The van der Waals surface area contributed by atoms with Crippen molar-refractivity contribution in [3.8, 4) is 0 Å². The zero-order chi connectivity index (χ0) is 17.0. The number of carbonyl (C=O) groups is 1. The predicted octanol–water partition coefficient (Wildman–Crippen LogP) is 2.73. The van der Waals surface area contributed by atoms with E-state index in [4.69, 9.17) is 5.73 Å². The maximum absolute atomic E-state index is 12.4. The molecular formula is C18H23N3O2. The molecule has 0 bridgehead atoms. The van der Waals surface area contributed by atoms with Crippen molar-refractivity contribution in [3.63, 3.8) is 0 Å². The van der Waals surface area contributed by atoms with Crippen molar-refractivity contribution in [1.29, 1.82) is 0 Å². The molecule has 4 N–H and O–H groups in total. The van der Waals surface area contributed by atoms with Gasteiger partial charge < -0.3 is 21.1 Å². The van der Waals surface area contributed by atoms with Gasteiger partial charge in [0.05, 0.1) is 17.0 Å². The monoisotopic (exact) mass is 313 g/mol. The first kappa shape index (κ1) is 16.8. The van der Waals surface area contributed by atoms with E-state index in [2.05, 4.69) is 5.32 Å². The molecule has 0 spiro atoms. The third-order valence-corrected chi connectivity index (χ3v) is 3.46. The first-order valence-corrected chi connectivity index (χ1v) is 7.47. The normalized spacial score (nSPS) is 11.1. The van der Waals surface area contributed by atoms with E-state index in [0.29, 0.717) is 23.5 Å². The summed E-state index contributed by atoms with van der Waals surface area (Å²) in [5.41, 5.74) is 7.81. The van der Waals surface area contributed by atoms with Crippen LogP contribution in [0, 0.1) is 0 Å². The van der Waals surface area contributed by atoms with Crippen LogP contribution in [-0.4, -0.2) is 30.2 Å². The second kappa shape index (κ2) is 6.71. The molecule has 23 heavy (non-hydrogen) atoms. The standard InChI is InChI=1S/C18H23N3O2/c1-18(2,23)12-20-16-10-9-14(11-15(16)19)21(3)17(22)13-7-5-4-6-8-13/h4-11,20,23H,12,19H2,1-3H3. The van der Waals surface area contributed by atoms with Crippen LogP contribution in [0.25, 0.3) is 0 Å². The summed E-state index contributed by atoms with van der Waals surface area (Å²) in [5.74, 6) is -0.0952. The van der Waals surface area contributed by atoms with E-state index in [0.717, 1.165) is 5.69 Å². The Kier molecular flexibility index (Phi) is 4.91. The highest BCUT2D eigenvalue weighted by Gasteiger charge is 2.15. The number of carbonyl (C=O) groups excluding carboxylic acids is 1. The van der Waals surface area contributed by atoms with Crippen molar-refractivity contribution < 1.29 is 9.90 Å². The summed E-state index contributed by atoms with van der Waals surface area (Å²) in [6.45, 7) is 3.82. The fourth-order valence-corrected chi connectivity index (χ4v) is 2.12. The van der Waals surface area contributed by atoms with Gasteiger partial charge in [-0.2, -0.15) is 0 Å². The summed E-state index contributed by atoms with van der Waals surface area (Å²) in [6.07, 6.45) is 0. The zero-order valence-electron chi connectivity index (χ0n) is 13.7. The van der Waals surface area contributed by atoms with Gasteiger partial charge in [0.1, 0.15) is 0 Å². The van der Waals surface area contributed by atoms with Crippen molar-refractivity contribution >= 4 is 23.0 Å². The number of anilines is 3. The number of nitrogens with two attached hydrogens (primary N) is 1. The molecule has 2 aromatic rings. The van der Waals surface area contributed by atoms with Gasteiger partial charge in [-0.15, -0.1) is 0 Å². The molecule has 1 amide bonds. The molecule has 0 saturated carbocycles. The molecule has 0 radical (unpaired) electrons. The molecule has 2 aromatic carbocycles.